The molecule has 3 aromatic carbocycles. The average Bonchev–Trinajstić information content (AvgIpc) is 3.67. The van der Waals surface area contributed by atoms with E-state index < -0.39 is 12.1 Å². The van der Waals surface area contributed by atoms with Crippen LogP contribution in [-0.2, 0) is 27.5 Å². The van der Waals surface area contributed by atoms with E-state index in [0.29, 0.717) is 25.2 Å². The van der Waals surface area contributed by atoms with Crippen molar-refractivity contribution >= 4 is 23.6 Å². The average molecular weight is 498 g/mol. The standard InChI is InChI=1S/C30H31N3O4/c34-28(23-14-15-23)31-19-22-9-4-10-24(17-22)25-11-5-12-26(18-25)32-29(35)27-13-6-16-33(27)30(36)37-20-21-7-2-1-3-8-21/h1-5,7-12,17-18,23,27H,6,13-16,19-20H2,(H,31,34)(H,32,35). The smallest absolute Gasteiger partial charge is 0.410 e. The van der Waals surface area contributed by atoms with Gasteiger partial charge in [-0.3, -0.25) is 14.5 Å². The molecule has 2 aliphatic rings. The molecule has 37 heavy (non-hydrogen) atoms. The van der Waals surface area contributed by atoms with Crippen LogP contribution < -0.4 is 10.6 Å². The van der Waals surface area contributed by atoms with Gasteiger partial charge >= 0.3 is 6.09 Å². The number of hydrogen-bond acceptors (Lipinski definition) is 4. The number of ether oxygens (including phenoxy) is 1. The van der Waals surface area contributed by atoms with E-state index >= 15 is 0 Å². The van der Waals surface area contributed by atoms with Crippen LogP contribution in [0.5, 0.6) is 0 Å². The van der Waals surface area contributed by atoms with Gasteiger partial charge in [-0.15, -0.1) is 0 Å². The molecule has 1 saturated heterocycles. The van der Waals surface area contributed by atoms with Crippen LogP contribution in [0.2, 0.25) is 0 Å². The molecule has 0 aromatic heterocycles. The van der Waals surface area contributed by atoms with Crippen molar-refractivity contribution in [3.63, 3.8) is 0 Å². The highest BCUT2D eigenvalue weighted by Crippen LogP contribution is 2.29. The number of nitrogens with zero attached hydrogens (tertiary/aromatic N) is 1. The third-order valence-electron chi connectivity index (χ3n) is 6.80. The SMILES string of the molecule is O=C(NCc1cccc(-c2cccc(NC(=O)C3CCCN3C(=O)OCc3ccccc3)c2)c1)C1CC1. The van der Waals surface area contributed by atoms with Gasteiger partial charge in [0.25, 0.3) is 0 Å². The highest BCUT2D eigenvalue weighted by molar-refractivity contribution is 5.97. The van der Waals surface area contributed by atoms with Crippen LogP contribution >= 0.6 is 0 Å². The first-order valence-electron chi connectivity index (χ1n) is 12.8. The summed E-state index contributed by atoms with van der Waals surface area (Å²) >= 11 is 0. The maximum absolute atomic E-state index is 13.1. The van der Waals surface area contributed by atoms with Crippen molar-refractivity contribution in [1.29, 1.82) is 0 Å². The summed E-state index contributed by atoms with van der Waals surface area (Å²) in [6.07, 6.45) is 2.85. The summed E-state index contributed by atoms with van der Waals surface area (Å²) in [7, 11) is 0. The summed E-state index contributed by atoms with van der Waals surface area (Å²) in [5, 5.41) is 5.98. The van der Waals surface area contributed by atoms with Gasteiger partial charge in [0.05, 0.1) is 0 Å². The van der Waals surface area contributed by atoms with Crippen LogP contribution in [-0.4, -0.2) is 35.4 Å². The minimum atomic E-state index is -0.565. The summed E-state index contributed by atoms with van der Waals surface area (Å²) in [4.78, 5) is 39.3. The Bertz CT molecular complexity index is 1270. The van der Waals surface area contributed by atoms with Crippen molar-refractivity contribution in [2.75, 3.05) is 11.9 Å². The van der Waals surface area contributed by atoms with E-state index in [4.69, 9.17) is 4.74 Å². The predicted octanol–water partition coefficient (Wildman–Crippen LogP) is 5.12. The van der Waals surface area contributed by atoms with E-state index in [-0.39, 0.29) is 24.3 Å². The monoisotopic (exact) mass is 497 g/mol. The van der Waals surface area contributed by atoms with Crippen LogP contribution in [0, 0.1) is 5.92 Å². The minimum Gasteiger partial charge on any atom is -0.445 e. The number of nitrogens with one attached hydrogen (secondary N) is 2. The molecule has 3 amide bonds. The number of anilines is 1. The number of carbonyl (C=O) groups excluding carboxylic acids is 3. The molecule has 3 aromatic rings. The van der Waals surface area contributed by atoms with Crippen molar-refractivity contribution < 1.29 is 19.1 Å². The molecular formula is C30H31N3O4. The fourth-order valence-electron chi connectivity index (χ4n) is 4.60. The van der Waals surface area contributed by atoms with Gasteiger partial charge in [0.15, 0.2) is 0 Å². The second kappa shape index (κ2) is 11.3. The van der Waals surface area contributed by atoms with Crippen molar-refractivity contribution in [1.82, 2.24) is 10.2 Å². The van der Waals surface area contributed by atoms with Crippen LogP contribution in [0.3, 0.4) is 0 Å². The van der Waals surface area contributed by atoms with Crippen molar-refractivity contribution in [3.05, 3.63) is 90.0 Å². The molecule has 2 fully saturated rings. The lowest BCUT2D eigenvalue weighted by molar-refractivity contribution is -0.122. The summed E-state index contributed by atoms with van der Waals surface area (Å²) in [6.45, 7) is 1.17. The molecule has 5 rings (SSSR count). The van der Waals surface area contributed by atoms with E-state index in [1.807, 2.05) is 72.8 Å². The topological polar surface area (TPSA) is 87.7 Å². The zero-order valence-corrected chi connectivity index (χ0v) is 20.7. The molecule has 7 heteroatoms. The Morgan fingerprint density at radius 2 is 1.54 bits per heavy atom. The fourth-order valence-corrected chi connectivity index (χ4v) is 4.60. The fraction of sp³-hybridized carbons (Fsp3) is 0.300. The highest BCUT2D eigenvalue weighted by Gasteiger charge is 2.35. The third-order valence-corrected chi connectivity index (χ3v) is 6.80. The number of hydrogen-bond donors (Lipinski definition) is 2. The largest absolute Gasteiger partial charge is 0.445 e. The Kier molecular flexibility index (Phi) is 7.49. The zero-order valence-electron chi connectivity index (χ0n) is 20.7. The Labute approximate surface area is 216 Å². The molecule has 0 spiro atoms. The summed E-state index contributed by atoms with van der Waals surface area (Å²) in [5.74, 6) is 0.0906. The lowest BCUT2D eigenvalue weighted by Crippen LogP contribution is -2.43. The van der Waals surface area contributed by atoms with Gasteiger partial charge in [0, 0.05) is 24.7 Å². The highest BCUT2D eigenvalue weighted by atomic mass is 16.6. The Morgan fingerprint density at radius 1 is 0.811 bits per heavy atom. The van der Waals surface area contributed by atoms with Crippen LogP contribution in [0.4, 0.5) is 10.5 Å². The molecule has 1 unspecified atom stereocenters. The second-order valence-corrected chi connectivity index (χ2v) is 9.65. The lowest BCUT2D eigenvalue weighted by atomic mass is 10.0. The van der Waals surface area contributed by atoms with Crippen molar-refractivity contribution in [2.24, 2.45) is 5.92 Å². The van der Waals surface area contributed by atoms with Gasteiger partial charge in [0.1, 0.15) is 12.6 Å². The van der Waals surface area contributed by atoms with Crippen LogP contribution in [0.1, 0.15) is 36.8 Å². The first-order valence-corrected chi connectivity index (χ1v) is 12.8. The van der Waals surface area contributed by atoms with Gasteiger partial charge in [-0.05, 0) is 66.1 Å². The zero-order chi connectivity index (χ0) is 25.6. The molecule has 1 aliphatic heterocycles. The normalized spacial score (nSPS) is 16.8. The van der Waals surface area contributed by atoms with E-state index in [2.05, 4.69) is 16.7 Å². The van der Waals surface area contributed by atoms with Crippen LogP contribution in [0.25, 0.3) is 11.1 Å². The Morgan fingerprint density at radius 3 is 2.32 bits per heavy atom. The molecule has 2 N–H and O–H groups in total. The van der Waals surface area contributed by atoms with Gasteiger partial charge in [-0.25, -0.2) is 4.79 Å². The molecule has 1 saturated carbocycles. The van der Waals surface area contributed by atoms with E-state index in [9.17, 15) is 14.4 Å². The van der Waals surface area contributed by atoms with Crippen molar-refractivity contribution in [2.45, 2.75) is 44.9 Å². The first kappa shape index (κ1) is 24.6. The number of carbonyl (C=O) groups is 3. The number of likely N-dealkylation sites (tertiary alicyclic amines) is 1. The van der Waals surface area contributed by atoms with E-state index in [1.165, 1.54) is 4.90 Å². The number of benzene rings is 3. The molecule has 1 heterocycles. The lowest BCUT2D eigenvalue weighted by Gasteiger charge is -2.23. The third kappa shape index (κ3) is 6.36. The quantitative estimate of drug-likeness (QED) is 0.452. The summed E-state index contributed by atoms with van der Waals surface area (Å²) in [5.41, 5.74) is 4.55. The number of amides is 3. The molecule has 7 nitrogen and oxygen atoms in total. The molecule has 0 bridgehead atoms. The van der Waals surface area contributed by atoms with Crippen molar-refractivity contribution in [3.8, 4) is 11.1 Å². The molecular weight excluding hydrogens is 466 g/mol. The number of rotatable bonds is 8. The van der Waals surface area contributed by atoms with Gasteiger partial charge in [-0.1, -0.05) is 60.7 Å². The Balaban J connectivity index is 1.20. The van der Waals surface area contributed by atoms with Crippen LogP contribution in [0.15, 0.2) is 78.9 Å². The molecule has 1 aliphatic carbocycles. The molecule has 1 atom stereocenters. The summed E-state index contributed by atoms with van der Waals surface area (Å²) < 4.78 is 5.46. The molecule has 0 radical (unpaired) electrons. The van der Waals surface area contributed by atoms with E-state index in [1.54, 1.807) is 0 Å². The Hall–Kier alpha value is -4.13. The van der Waals surface area contributed by atoms with Gasteiger partial charge in [0.2, 0.25) is 11.8 Å². The van der Waals surface area contributed by atoms with Gasteiger partial charge in [-0.2, -0.15) is 0 Å². The minimum absolute atomic E-state index is 0.125. The van der Waals surface area contributed by atoms with E-state index in [0.717, 1.165) is 41.5 Å². The first-order chi connectivity index (χ1) is 18.1. The van der Waals surface area contributed by atoms with Gasteiger partial charge < -0.3 is 15.4 Å². The summed E-state index contributed by atoms with van der Waals surface area (Å²) in [6, 6.07) is 24.6. The predicted molar refractivity (Wildman–Crippen MR) is 141 cm³/mol. The maximum Gasteiger partial charge on any atom is 0.410 e. The molecule has 190 valence electrons. The maximum atomic E-state index is 13.1. The second-order valence-electron chi connectivity index (χ2n) is 9.65.